The lowest BCUT2D eigenvalue weighted by atomic mass is 10.2. The Hall–Kier alpha value is -3.17. The summed E-state index contributed by atoms with van der Waals surface area (Å²) in [7, 11) is -4.03. The van der Waals surface area contributed by atoms with E-state index in [1.54, 1.807) is 54.6 Å². The molecule has 0 saturated heterocycles. The van der Waals surface area contributed by atoms with Gasteiger partial charge in [-0.25, -0.2) is 13.8 Å². The van der Waals surface area contributed by atoms with Gasteiger partial charge in [-0.3, -0.25) is 4.79 Å². The van der Waals surface area contributed by atoms with Crippen molar-refractivity contribution in [2.24, 2.45) is 5.10 Å². The third kappa shape index (κ3) is 7.66. The number of ether oxygens (including phenoxy) is 1. The summed E-state index contributed by atoms with van der Waals surface area (Å²) in [6.45, 7) is 5.21. The van der Waals surface area contributed by atoms with E-state index in [2.05, 4.69) is 17.1 Å². The highest BCUT2D eigenvalue weighted by molar-refractivity contribution is 7.89. The van der Waals surface area contributed by atoms with Gasteiger partial charge in [0.1, 0.15) is 12.4 Å². The summed E-state index contributed by atoms with van der Waals surface area (Å²) < 4.78 is 33.3. The Labute approximate surface area is 221 Å². The zero-order valence-electron chi connectivity index (χ0n) is 19.5. The van der Waals surface area contributed by atoms with Crippen molar-refractivity contribution in [1.29, 1.82) is 0 Å². The topological polar surface area (TPSA) is 88.1 Å². The fraction of sp³-hybridized carbons (Fsp3) is 0.154. The number of hydrazone groups is 1. The number of benzene rings is 3. The lowest BCUT2D eigenvalue weighted by Crippen LogP contribution is -2.39. The summed E-state index contributed by atoms with van der Waals surface area (Å²) in [6, 6.07) is 18.2. The van der Waals surface area contributed by atoms with Crippen molar-refractivity contribution in [1.82, 2.24) is 9.73 Å². The number of hydrogen-bond acceptors (Lipinski definition) is 5. The number of nitrogens with zero attached hydrogens (tertiary/aromatic N) is 2. The molecule has 0 bridgehead atoms. The monoisotopic (exact) mass is 545 g/mol. The van der Waals surface area contributed by atoms with Crippen molar-refractivity contribution >= 4 is 45.3 Å². The highest BCUT2D eigenvalue weighted by atomic mass is 35.5. The highest BCUT2D eigenvalue weighted by Crippen LogP contribution is 2.25. The molecule has 0 aromatic heterocycles. The fourth-order valence-corrected chi connectivity index (χ4v) is 4.98. The minimum atomic E-state index is -4.03. The Morgan fingerprint density at radius 1 is 1.11 bits per heavy atom. The Morgan fingerprint density at radius 2 is 1.86 bits per heavy atom. The summed E-state index contributed by atoms with van der Waals surface area (Å²) in [5.41, 5.74) is 4.48. The van der Waals surface area contributed by atoms with Gasteiger partial charge in [-0.2, -0.15) is 9.41 Å². The molecular weight excluding hydrogens is 521 g/mol. The van der Waals surface area contributed by atoms with Crippen LogP contribution in [0.4, 0.5) is 0 Å². The van der Waals surface area contributed by atoms with E-state index in [1.165, 1.54) is 24.4 Å². The maximum absolute atomic E-state index is 13.4. The molecule has 188 valence electrons. The van der Waals surface area contributed by atoms with Crippen molar-refractivity contribution in [2.75, 3.05) is 13.2 Å². The molecule has 3 aromatic carbocycles. The molecule has 10 heteroatoms. The summed E-state index contributed by atoms with van der Waals surface area (Å²) >= 11 is 12.2. The fourth-order valence-electron chi connectivity index (χ4n) is 3.14. The van der Waals surface area contributed by atoms with Gasteiger partial charge in [0, 0.05) is 16.6 Å². The van der Waals surface area contributed by atoms with E-state index in [9.17, 15) is 13.2 Å². The predicted octanol–water partition coefficient (Wildman–Crippen LogP) is 5.21. The Bertz CT molecular complexity index is 1360. The van der Waals surface area contributed by atoms with Crippen molar-refractivity contribution in [3.8, 4) is 5.75 Å². The first-order valence-corrected chi connectivity index (χ1v) is 13.0. The molecule has 3 rings (SSSR count). The first-order valence-electron chi connectivity index (χ1n) is 10.9. The van der Waals surface area contributed by atoms with Crippen LogP contribution in [0.1, 0.15) is 16.7 Å². The molecule has 0 aliphatic heterocycles. The first-order chi connectivity index (χ1) is 17.2. The number of sulfonamides is 1. The van der Waals surface area contributed by atoms with Crippen LogP contribution in [-0.2, 0) is 21.4 Å². The van der Waals surface area contributed by atoms with E-state index in [4.69, 9.17) is 27.9 Å². The maximum atomic E-state index is 13.4. The second-order valence-corrected chi connectivity index (χ2v) is 10.6. The minimum absolute atomic E-state index is 0.0610. The summed E-state index contributed by atoms with van der Waals surface area (Å²) in [5.74, 6) is 0.00599. The molecule has 0 unspecified atom stereocenters. The molecule has 0 saturated carbocycles. The molecule has 0 spiro atoms. The standard InChI is InChI=1S/C26H25Cl2N3O4S/c1-3-13-35-23-6-4-5-20(14-23)16-29-30-26(32)18-31(17-21-9-10-22(27)15-25(21)28)36(33,34)24-11-7-19(2)8-12-24/h3-12,14-16H,1,13,17-18H2,2H3,(H,30,32)/b29-16-. The van der Waals surface area contributed by atoms with Crippen molar-refractivity contribution in [3.63, 3.8) is 0 Å². The number of carbonyl (C=O) groups excluding carboxylic acids is 1. The molecule has 3 aromatic rings. The van der Waals surface area contributed by atoms with E-state index in [0.29, 0.717) is 33.5 Å². The van der Waals surface area contributed by atoms with Gasteiger partial charge in [0.05, 0.1) is 17.7 Å². The average Bonchev–Trinajstić information content (AvgIpc) is 2.84. The Kier molecular flexibility index (Phi) is 9.66. The Morgan fingerprint density at radius 3 is 2.56 bits per heavy atom. The number of carbonyl (C=O) groups is 1. The van der Waals surface area contributed by atoms with Gasteiger partial charge in [-0.1, -0.05) is 71.8 Å². The van der Waals surface area contributed by atoms with Gasteiger partial charge in [-0.15, -0.1) is 0 Å². The number of halogens is 2. The minimum Gasteiger partial charge on any atom is -0.490 e. The molecule has 0 aliphatic rings. The quantitative estimate of drug-likeness (QED) is 0.203. The lowest BCUT2D eigenvalue weighted by molar-refractivity contribution is -0.121. The normalized spacial score (nSPS) is 11.6. The predicted molar refractivity (Wildman–Crippen MR) is 143 cm³/mol. The number of nitrogens with one attached hydrogen (secondary N) is 1. The number of amides is 1. The molecule has 1 amide bonds. The molecule has 0 fully saturated rings. The molecular formula is C26H25Cl2N3O4S. The van der Waals surface area contributed by atoms with Gasteiger partial charge in [0.15, 0.2) is 0 Å². The van der Waals surface area contributed by atoms with Gasteiger partial charge in [0.25, 0.3) is 5.91 Å². The Balaban J connectivity index is 1.78. The zero-order chi connectivity index (χ0) is 26.1. The van der Waals surface area contributed by atoms with E-state index in [-0.39, 0.29) is 11.4 Å². The lowest BCUT2D eigenvalue weighted by Gasteiger charge is -2.22. The van der Waals surface area contributed by atoms with Crippen LogP contribution in [0.15, 0.2) is 89.4 Å². The number of hydrogen-bond donors (Lipinski definition) is 1. The van der Waals surface area contributed by atoms with E-state index in [0.717, 1.165) is 9.87 Å². The third-order valence-electron chi connectivity index (χ3n) is 4.97. The smallest absolute Gasteiger partial charge is 0.255 e. The van der Waals surface area contributed by atoms with Crippen LogP contribution in [0.2, 0.25) is 10.0 Å². The zero-order valence-corrected chi connectivity index (χ0v) is 21.9. The second kappa shape index (κ2) is 12.7. The van der Waals surface area contributed by atoms with E-state index >= 15 is 0 Å². The second-order valence-electron chi connectivity index (χ2n) is 7.79. The molecule has 0 atom stereocenters. The molecule has 36 heavy (non-hydrogen) atoms. The molecule has 1 N–H and O–H groups in total. The van der Waals surface area contributed by atoms with Gasteiger partial charge in [0.2, 0.25) is 10.0 Å². The number of rotatable bonds is 11. The van der Waals surface area contributed by atoms with Crippen molar-refractivity contribution < 1.29 is 17.9 Å². The summed E-state index contributed by atoms with van der Waals surface area (Å²) in [6.07, 6.45) is 3.07. The van der Waals surface area contributed by atoms with E-state index in [1.807, 2.05) is 6.92 Å². The molecule has 0 radical (unpaired) electrons. The van der Waals surface area contributed by atoms with Crippen molar-refractivity contribution in [3.05, 3.63) is 106 Å². The molecule has 7 nitrogen and oxygen atoms in total. The number of aryl methyl sites for hydroxylation is 1. The maximum Gasteiger partial charge on any atom is 0.255 e. The average molecular weight is 546 g/mol. The highest BCUT2D eigenvalue weighted by Gasteiger charge is 2.27. The van der Waals surface area contributed by atoms with Gasteiger partial charge < -0.3 is 4.74 Å². The van der Waals surface area contributed by atoms with Crippen molar-refractivity contribution in [2.45, 2.75) is 18.4 Å². The molecule has 0 heterocycles. The summed E-state index contributed by atoms with van der Waals surface area (Å²) in [4.78, 5) is 12.8. The third-order valence-corrected chi connectivity index (χ3v) is 7.36. The molecule has 0 aliphatic carbocycles. The van der Waals surface area contributed by atoms with Crippen LogP contribution in [0.3, 0.4) is 0 Å². The largest absolute Gasteiger partial charge is 0.490 e. The van der Waals surface area contributed by atoms with Crippen LogP contribution in [0.25, 0.3) is 0 Å². The summed E-state index contributed by atoms with van der Waals surface area (Å²) in [5, 5.41) is 4.67. The van der Waals surface area contributed by atoms with Crippen LogP contribution in [-0.4, -0.2) is 38.0 Å². The van der Waals surface area contributed by atoms with Gasteiger partial charge >= 0.3 is 0 Å². The van der Waals surface area contributed by atoms with Crippen LogP contribution >= 0.6 is 23.2 Å². The first kappa shape index (κ1) is 27.4. The van der Waals surface area contributed by atoms with Gasteiger partial charge in [-0.05, 0) is 54.4 Å². The van der Waals surface area contributed by atoms with E-state index < -0.39 is 22.5 Å². The van der Waals surface area contributed by atoms with Crippen LogP contribution < -0.4 is 10.2 Å². The van der Waals surface area contributed by atoms with Crippen LogP contribution in [0, 0.1) is 6.92 Å². The van der Waals surface area contributed by atoms with Crippen LogP contribution in [0.5, 0.6) is 5.75 Å². The SMILES string of the molecule is C=CCOc1cccc(/C=N\NC(=O)CN(Cc2ccc(Cl)cc2Cl)S(=O)(=O)c2ccc(C)cc2)c1.